The molecule has 66 valence electrons. The number of nitrogens with zero attached hydrogens (tertiary/aromatic N) is 4. The van der Waals surface area contributed by atoms with Crippen LogP contribution in [0.1, 0.15) is 19.3 Å². The highest BCUT2D eigenvalue weighted by Crippen LogP contribution is 2.23. The number of hydrogen-bond donors (Lipinski definition) is 0. The molecular formula is C9H10N4. The van der Waals surface area contributed by atoms with Gasteiger partial charge in [-0.15, -0.1) is 0 Å². The van der Waals surface area contributed by atoms with Gasteiger partial charge in [-0.05, 0) is 19.3 Å². The molecule has 0 radical (unpaired) electrons. The molecule has 0 spiro atoms. The first-order chi connectivity index (χ1) is 6.42. The van der Waals surface area contributed by atoms with Crippen molar-refractivity contribution in [1.29, 1.82) is 5.26 Å². The van der Waals surface area contributed by atoms with Crippen LogP contribution in [-0.2, 0) is 0 Å². The van der Waals surface area contributed by atoms with Crippen LogP contribution in [0.3, 0.4) is 0 Å². The van der Waals surface area contributed by atoms with Crippen molar-refractivity contribution < 1.29 is 0 Å². The van der Waals surface area contributed by atoms with E-state index in [9.17, 15) is 0 Å². The Morgan fingerprint density at radius 3 is 3.08 bits per heavy atom. The first-order valence-corrected chi connectivity index (χ1v) is 4.38. The van der Waals surface area contributed by atoms with E-state index in [2.05, 4.69) is 16.2 Å². The van der Waals surface area contributed by atoms with E-state index in [4.69, 9.17) is 5.26 Å². The molecule has 4 nitrogen and oxygen atoms in total. The molecule has 0 atom stereocenters. The summed E-state index contributed by atoms with van der Waals surface area (Å²) in [5.74, 6) is 0. The Hall–Kier alpha value is -1.63. The second kappa shape index (κ2) is 3.40. The number of likely N-dealkylation sites (tertiary alicyclic amines) is 1. The van der Waals surface area contributed by atoms with Crippen molar-refractivity contribution in [3.63, 3.8) is 0 Å². The first kappa shape index (κ1) is 7.99. The Kier molecular flexibility index (Phi) is 2.09. The molecule has 0 saturated carbocycles. The molecule has 1 fully saturated rings. The summed E-state index contributed by atoms with van der Waals surface area (Å²) in [6.45, 7) is 0.818. The number of allylic oxidation sites excluding steroid dienone is 2. The van der Waals surface area contributed by atoms with Crippen molar-refractivity contribution in [2.45, 2.75) is 19.3 Å². The fraction of sp³-hybridized carbons (Fsp3) is 0.444. The molecule has 0 aliphatic carbocycles. The summed E-state index contributed by atoms with van der Waals surface area (Å²) in [4.78, 5) is 9.71. The minimum Gasteiger partial charge on any atom is -0.281 e. The van der Waals surface area contributed by atoms with Gasteiger partial charge in [-0.2, -0.15) is 5.26 Å². The van der Waals surface area contributed by atoms with Crippen LogP contribution in [0.15, 0.2) is 21.4 Å². The maximum atomic E-state index is 8.87. The summed E-state index contributed by atoms with van der Waals surface area (Å²) < 4.78 is 0. The predicted molar refractivity (Wildman–Crippen MR) is 50.2 cm³/mol. The fourth-order valence-electron chi connectivity index (χ4n) is 1.59. The van der Waals surface area contributed by atoms with Gasteiger partial charge in [0.25, 0.3) is 0 Å². The summed E-state index contributed by atoms with van der Waals surface area (Å²) >= 11 is 0. The first-order valence-electron chi connectivity index (χ1n) is 4.38. The summed E-state index contributed by atoms with van der Waals surface area (Å²) in [7, 11) is 0. The van der Waals surface area contributed by atoms with E-state index < -0.39 is 0 Å². The minimum absolute atomic E-state index is 0.818. The van der Waals surface area contributed by atoms with Crippen molar-refractivity contribution in [1.82, 2.24) is 4.90 Å². The van der Waals surface area contributed by atoms with Gasteiger partial charge >= 0.3 is 0 Å². The van der Waals surface area contributed by atoms with Crippen LogP contribution in [0.2, 0.25) is 0 Å². The molecule has 1 saturated heterocycles. The summed E-state index contributed by atoms with van der Waals surface area (Å²) in [5.41, 5.74) is 1.87. The largest absolute Gasteiger partial charge is 0.281 e. The number of rotatable bonds is 0. The average molecular weight is 174 g/mol. The van der Waals surface area contributed by atoms with Crippen LogP contribution < -0.4 is 0 Å². The molecule has 2 aliphatic heterocycles. The van der Waals surface area contributed by atoms with Gasteiger partial charge in [0.1, 0.15) is 12.0 Å². The number of aliphatic imine (C=N–C) groups is 2. The molecule has 0 amide bonds. The Bertz CT molecular complexity index is 318. The van der Waals surface area contributed by atoms with Crippen LogP contribution >= 0.6 is 0 Å². The highest BCUT2D eigenvalue weighted by molar-refractivity contribution is 5.92. The van der Waals surface area contributed by atoms with Crippen LogP contribution in [0.25, 0.3) is 0 Å². The molecule has 13 heavy (non-hydrogen) atoms. The zero-order valence-corrected chi connectivity index (χ0v) is 7.27. The SMILES string of the molecule is N#CN1CCCCC1=C1C=NC=N1. The van der Waals surface area contributed by atoms with E-state index in [1.165, 1.54) is 6.34 Å². The molecule has 0 aromatic heterocycles. The number of piperidine rings is 1. The number of nitriles is 1. The quantitative estimate of drug-likeness (QED) is 0.519. The minimum atomic E-state index is 0.818. The Balaban J connectivity index is 2.30. The van der Waals surface area contributed by atoms with Gasteiger partial charge in [-0.3, -0.25) is 4.90 Å². The topological polar surface area (TPSA) is 51.8 Å². The van der Waals surface area contributed by atoms with Crippen molar-refractivity contribution in [2.75, 3.05) is 6.54 Å². The molecule has 2 rings (SSSR count). The van der Waals surface area contributed by atoms with Crippen LogP contribution in [0.4, 0.5) is 0 Å². The molecule has 0 N–H and O–H groups in total. The van der Waals surface area contributed by atoms with Gasteiger partial charge in [0.15, 0.2) is 6.19 Å². The van der Waals surface area contributed by atoms with Crippen LogP contribution in [-0.4, -0.2) is 24.0 Å². The molecule has 0 bridgehead atoms. The van der Waals surface area contributed by atoms with Crippen LogP contribution in [0, 0.1) is 11.5 Å². The highest BCUT2D eigenvalue weighted by atomic mass is 15.1. The highest BCUT2D eigenvalue weighted by Gasteiger charge is 2.18. The third-order valence-corrected chi connectivity index (χ3v) is 2.25. The van der Waals surface area contributed by atoms with Crippen molar-refractivity contribution in [2.24, 2.45) is 9.98 Å². The summed E-state index contributed by atoms with van der Waals surface area (Å²) in [5, 5.41) is 8.87. The lowest BCUT2D eigenvalue weighted by Crippen LogP contribution is -2.24. The van der Waals surface area contributed by atoms with Crippen molar-refractivity contribution >= 4 is 12.6 Å². The molecule has 0 unspecified atom stereocenters. The van der Waals surface area contributed by atoms with E-state index >= 15 is 0 Å². The monoisotopic (exact) mass is 174 g/mol. The van der Waals surface area contributed by atoms with Gasteiger partial charge in [-0.25, -0.2) is 9.98 Å². The van der Waals surface area contributed by atoms with Crippen molar-refractivity contribution in [3.05, 3.63) is 11.4 Å². The lowest BCUT2D eigenvalue weighted by atomic mass is 10.1. The maximum Gasteiger partial charge on any atom is 0.184 e. The Morgan fingerprint density at radius 2 is 2.38 bits per heavy atom. The van der Waals surface area contributed by atoms with E-state index in [-0.39, 0.29) is 0 Å². The van der Waals surface area contributed by atoms with E-state index in [1.54, 1.807) is 11.1 Å². The number of hydrogen-bond acceptors (Lipinski definition) is 4. The molecule has 0 aromatic carbocycles. The standard InChI is InChI=1S/C9H10N4/c10-6-13-4-2-1-3-9(13)8-5-11-7-12-8/h5,7H,1-4H2. The molecule has 2 aliphatic rings. The lowest BCUT2D eigenvalue weighted by Gasteiger charge is -2.24. The summed E-state index contributed by atoms with van der Waals surface area (Å²) in [6, 6.07) is 0. The van der Waals surface area contributed by atoms with E-state index in [0.717, 1.165) is 37.2 Å². The lowest BCUT2D eigenvalue weighted by molar-refractivity contribution is 0.389. The van der Waals surface area contributed by atoms with E-state index in [0.29, 0.717) is 0 Å². The van der Waals surface area contributed by atoms with Gasteiger partial charge in [0.2, 0.25) is 0 Å². The average Bonchev–Trinajstić information content (AvgIpc) is 2.70. The van der Waals surface area contributed by atoms with Gasteiger partial charge in [0.05, 0.1) is 11.9 Å². The normalized spacial score (nSPS) is 26.5. The summed E-state index contributed by atoms with van der Waals surface area (Å²) in [6.07, 6.45) is 8.57. The smallest absolute Gasteiger partial charge is 0.184 e. The fourth-order valence-corrected chi connectivity index (χ4v) is 1.59. The zero-order chi connectivity index (χ0) is 9.10. The second-order valence-corrected chi connectivity index (χ2v) is 3.06. The Labute approximate surface area is 76.9 Å². The van der Waals surface area contributed by atoms with E-state index in [1.807, 2.05) is 0 Å². The maximum absolute atomic E-state index is 8.87. The van der Waals surface area contributed by atoms with Gasteiger partial charge in [0, 0.05) is 6.54 Å². The van der Waals surface area contributed by atoms with Crippen molar-refractivity contribution in [3.8, 4) is 6.19 Å². The second-order valence-electron chi connectivity index (χ2n) is 3.06. The molecule has 4 heteroatoms. The third-order valence-electron chi connectivity index (χ3n) is 2.25. The molecule has 0 aromatic rings. The van der Waals surface area contributed by atoms with Gasteiger partial charge in [-0.1, -0.05) is 0 Å². The predicted octanol–water partition coefficient (Wildman–Crippen LogP) is 1.28. The molecule has 2 heterocycles. The van der Waals surface area contributed by atoms with Gasteiger partial charge < -0.3 is 0 Å². The van der Waals surface area contributed by atoms with Crippen LogP contribution in [0.5, 0.6) is 0 Å². The molecular weight excluding hydrogens is 164 g/mol. The third kappa shape index (κ3) is 1.45. The Morgan fingerprint density at radius 1 is 1.46 bits per heavy atom. The zero-order valence-electron chi connectivity index (χ0n) is 7.27.